The summed E-state index contributed by atoms with van der Waals surface area (Å²) < 4.78 is 0. The van der Waals surface area contributed by atoms with Crippen molar-refractivity contribution in [3.63, 3.8) is 0 Å². The first-order valence-electron chi connectivity index (χ1n) is 11.3. The Kier molecular flexibility index (Phi) is 5.01. The molecule has 0 amide bonds. The molecule has 2 fully saturated rings. The lowest BCUT2D eigenvalue weighted by atomic mass is 10.1. The number of benzene rings is 1. The fourth-order valence-electron chi connectivity index (χ4n) is 4.57. The number of rotatable bonds is 5. The average Bonchev–Trinajstić information content (AvgIpc) is 3.66. The van der Waals surface area contributed by atoms with Crippen molar-refractivity contribution in [2.75, 3.05) is 13.1 Å². The fraction of sp³-hybridized carbons (Fsp3) is 0.333. The zero-order valence-electron chi connectivity index (χ0n) is 17.8. The summed E-state index contributed by atoms with van der Waals surface area (Å²) in [5.41, 5.74) is 5.00. The van der Waals surface area contributed by atoms with E-state index in [0.717, 1.165) is 65.7 Å². The van der Waals surface area contributed by atoms with Gasteiger partial charge >= 0.3 is 0 Å². The van der Waals surface area contributed by atoms with Crippen LogP contribution < -0.4 is 10.6 Å². The SMILES string of the molecule is c1cc(-c2cnc(C3CCCN3)[nH]2)ccc1-c1ncc(-c2cnc(C3CCCN3)[nH]2)cn1. The summed E-state index contributed by atoms with van der Waals surface area (Å²) in [6.07, 6.45) is 12.1. The topological polar surface area (TPSA) is 107 Å². The van der Waals surface area contributed by atoms with Gasteiger partial charge in [0.15, 0.2) is 5.82 Å². The molecule has 2 saturated heterocycles. The summed E-state index contributed by atoms with van der Waals surface area (Å²) in [5, 5.41) is 6.95. The quantitative estimate of drug-likeness (QED) is 0.387. The van der Waals surface area contributed by atoms with Crippen LogP contribution in [-0.2, 0) is 0 Å². The smallest absolute Gasteiger partial charge is 0.159 e. The molecule has 0 aliphatic carbocycles. The molecule has 2 unspecified atom stereocenters. The predicted octanol–water partition coefficient (Wildman–Crippen LogP) is 3.77. The number of hydrogen-bond acceptors (Lipinski definition) is 6. The van der Waals surface area contributed by atoms with Crippen LogP contribution in [0, 0.1) is 0 Å². The Labute approximate surface area is 186 Å². The molecule has 2 aliphatic rings. The highest BCUT2D eigenvalue weighted by atomic mass is 15.0. The number of hydrogen-bond donors (Lipinski definition) is 4. The Morgan fingerprint density at radius 3 is 1.66 bits per heavy atom. The number of nitrogens with zero attached hydrogens (tertiary/aromatic N) is 4. The maximum atomic E-state index is 4.59. The van der Waals surface area contributed by atoms with Gasteiger partial charge in [-0.25, -0.2) is 19.9 Å². The van der Waals surface area contributed by atoms with Crippen LogP contribution in [0.2, 0.25) is 0 Å². The van der Waals surface area contributed by atoms with Gasteiger partial charge in [0, 0.05) is 23.5 Å². The van der Waals surface area contributed by atoms with Crippen LogP contribution in [0.25, 0.3) is 33.9 Å². The van der Waals surface area contributed by atoms with Crippen molar-refractivity contribution in [2.45, 2.75) is 37.8 Å². The lowest BCUT2D eigenvalue weighted by Crippen LogP contribution is -2.14. The molecule has 32 heavy (non-hydrogen) atoms. The van der Waals surface area contributed by atoms with Crippen molar-refractivity contribution >= 4 is 0 Å². The molecule has 6 rings (SSSR count). The van der Waals surface area contributed by atoms with Crippen LogP contribution in [0.15, 0.2) is 49.1 Å². The van der Waals surface area contributed by atoms with Gasteiger partial charge in [0.1, 0.15) is 11.6 Å². The van der Waals surface area contributed by atoms with Gasteiger partial charge in [-0.05, 0) is 44.3 Å². The fourth-order valence-corrected chi connectivity index (χ4v) is 4.57. The molecule has 0 radical (unpaired) electrons. The van der Waals surface area contributed by atoms with Crippen LogP contribution in [0.1, 0.15) is 49.4 Å². The van der Waals surface area contributed by atoms with E-state index in [1.807, 2.05) is 24.8 Å². The molecule has 2 atom stereocenters. The van der Waals surface area contributed by atoms with Gasteiger partial charge in [0.2, 0.25) is 0 Å². The second-order valence-electron chi connectivity index (χ2n) is 8.53. The van der Waals surface area contributed by atoms with Crippen LogP contribution in [0.3, 0.4) is 0 Å². The van der Waals surface area contributed by atoms with Crippen LogP contribution in [0.4, 0.5) is 0 Å². The third-order valence-electron chi connectivity index (χ3n) is 6.39. The molecule has 8 nitrogen and oxygen atoms in total. The number of nitrogens with one attached hydrogen (secondary N) is 4. The molecular weight excluding hydrogens is 400 g/mol. The minimum atomic E-state index is 0.322. The van der Waals surface area contributed by atoms with Gasteiger partial charge in [-0.2, -0.15) is 0 Å². The van der Waals surface area contributed by atoms with Gasteiger partial charge in [-0.15, -0.1) is 0 Å². The molecule has 3 aromatic heterocycles. The van der Waals surface area contributed by atoms with Gasteiger partial charge in [0.25, 0.3) is 0 Å². The van der Waals surface area contributed by atoms with E-state index >= 15 is 0 Å². The van der Waals surface area contributed by atoms with E-state index < -0.39 is 0 Å². The normalized spacial score (nSPS) is 20.8. The molecule has 2 aliphatic heterocycles. The van der Waals surface area contributed by atoms with Crippen molar-refractivity contribution in [1.82, 2.24) is 40.5 Å². The molecule has 4 N–H and O–H groups in total. The zero-order chi connectivity index (χ0) is 21.3. The van der Waals surface area contributed by atoms with Gasteiger partial charge in [0.05, 0.1) is 35.9 Å². The zero-order valence-corrected chi connectivity index (χ0v) is 17.8. The lowest BCUT2D eigenvalue weighted by Gasteiger charge is -2.06. The minimum Gasteiger partial charge on any atom is -0.341 e. The van der Waals surface area contributed by atoms with E-state index in [0.29, 0.717) is 17.9 Å². The number of H-pyrrole nitrogens is 2. The molecule has 5 heterocycles. The highest BCUT2D eigenvalue weighted by molar-refractivity contribution is 5.66. The highest BCUT2D eigenvalue weighted by Gasteiger charge is 2.20. The molecule has 1 aromatic carbocycles. The Morgan fingerprint density at radius 2 is 1.12 bits per heavy atom. The van der Waals surface area contributed by atoms with Gasteiger partial charge in [-0.3, -0.25) is 0 Å². The van der Waals surface area contributed by atoms with Crippen molar-refractivity contribution in [3.05, 3.63) is 60.7 Å². The van der Waals surface area contributed by atoms with Crippen LogP contribution in [-0.4, -0.2) is 43.0 Å². The Morgan fingerprint density at radius 1 is 0.594 bits per heavy atom. The maximum Gasteiger partial charge on any atom is 0.159 e. The third kappa shape index (κ3) is 3.72. The first kappa shape index (κ1) is 19.3. The molecular formula is C24H26N8. The van der Waals surface area contributed by atoms with Crippen molar-refractivity contribution < 1.29 is 0 Å². The Balaban J connectivity index is 1.17. The number of aromatic amines is 2. The lowest BCUT2D eigenvalue weighted by molar-refractivity contribution is 0.613. The average molecular weight is 427 g/mol. The standard InChI is InChI=1S/C24H26N8/c1-3-18(25-9-1)23-29-13-20(31-23)15-5-7-16(8-6-15)22-27-11-17(12-28-22)21-14-30-24(32-21)19-4-2-10-26-19/h5-8,11-14,18-19,25-26H,1-4,9-10H2,(H,29,31)(H,30,32). The number of imidazole rings is 2. The van der Waals surface area contributed by atoms with Gasteiger partial charge in [-0.1, -0.05) is 24.3 Å². The summed E-state index contributed by atoms with van der Waals surface area (Å²) in [6.45, 7) is 2.12. The van der Waals surface area contributed by atoms with E-state index in [1.54, 1.807) is 0 Å². The summed E-state index contributed by atoms with van der Waals surface area (Å²) >= 11 is 0. The third-order valence-corrected chi connectivity index (χ3v) is 6.39. The first-order chi connectivity index (χ1) is 15.8. The first-order valence-corrected chi connectivity index (χ1v) is 11.3. The number of aromatic nitrogens is 6. The van der Waals surface area contributed by atoms with Crippen molar-refractivity contribution in [1.29, 1.82) is 0 Å². The molecule has 0 bridgehead atoms. The monoisotopic (exact) mass is 426 g/mol. The van der Waals surface area contributed by atoms with E-state index in [-0.39, 0.29) is 0 Å². The maximum absolute atomic E-state index is 4.59. The van der Waals surface area contributed by atoms with E-state index in [1.165, 1.54) is 12.8 Å². The van der Waals surface area contributed by atoms with E-state index in [2.05, 4.69) is 64.8 Å². The van der Waals surface area contributed by atoms with Crippen LogP contribution >= 0.6 is 0 Å². The molecule has 162 valence electrons. The predicted molar refractivity (Wildman–Crippen MR) is 123 cm³/mol. The summed E-state index contributed by atoms with van der Waals surface area (Å²) in [6, 6.07) is 8.94. The highest BCUT2D eigenvalue weighted by Crippen LogP contribution is 2.27. The second kappa shape index (κ2) is 8.29. The Bertz CT molecular complexity index is 1080. The molecule has 0 spiro atoms. The van der Waals surface area contributed by atoms with Gasteiger partial charge < -0.3 is 20.6 Å². The molecule has 4 aromatic rings. The van der Waals surface area contributed by atoms with Crippen molar-refractivity contribution in [3.8, 4) is 33.9 Å². The summed E-state index contributed by atoms with van der Waals surface area (Å²) in [5.74, 6) is 2.71. The molecule has 0 saturated carbocycles. The van der Waals surface area contributed by atoms with Crippen LogP contribution in [0.5, 0.6) is 0 Å². The molecule has 8 heteroatoms. The minimum absolute atomic E-state index is 0.322. The Hall–Kier alpha value is -3.36. The largest absolute Gasteiger partial charge is 0.341 e. The second-order valence-corrected chi connectivity index (χ2v) is 8.53. The van der Waals surface area contributed by atoms with Crippen molar-refractivity contribution in [2.24, 2.45) is 0 Å². The van der Waals surface area contributed by atoms with E-state index in [4.69, 9.17) is 0 Å². The summed E-state index contributed by atoms with van der Waals surface area (Å²) in [7, 11) is 0. The van der Waals surface area contributed by atoms with E-state index in [9.17, 15) is 0 Å². The summed E-state index contributed by atoms with van der Waals surface area (Å²) in [4.78, 5) is 25.1.